The number of hydrogen-bond acceptors (Lipinski definition) is 2. The van der Waals surface area contributed by atoms with Crippen molar-refractivity contribution in [1.82, 2.24) is 5.32 Å². The largest absolute Gasteiger partial charge is 0.370 e. The van der Waals surface area contributed by atoms with Gasteiger partial charge in [0.2, 0.25) is 0 Å². The van der Waals surface area contributed by atoms with Crippen molar-refractivity contribution in [2.24, 2.45) is 0 Å². The lowest BCUT2D eigenvalue weighted by atomic mass is 10.2. The Balaban J connectivity index is 2.46. The first kappa shape index (κ1) is 16.0. The molecule has 0 unspecified atom stereocenters. The quantitative estimate of drug-likeness (QED) is 0.684. The molecule has 0 aliphatic rings. The Morgan fingerprint density at radius 2 is 1.68 bits per heavy atom. The van der Waals surface area contributed by atoms with Crippen LogP contribution in [0.1, 0.15) is 46.5 Å². The summed E-state index contributed by atoms with van der Waals surface area (Å²) in [6.45, 7) is 10.1. The van der Waals surface area contributed by atoms with Gasteiger partial charge in [-0.15, -0.1) is 0 Å². The number of nitrogens with zero attached hydrogens (tertiary/aromatic N) is 1. The normalized spacial score (nSPS) is 10.9. The van der Waals surface area contributed by atoms with Gasteiger partial charge >= 0.3 is 0 Å². The molecule has 0 fully saturated rings. The SMILES string of the molecule is CCCCN(CCNC(CC)CC)c1ccccc1. The first-order valence-corrected chi connectivity index (χ1v) is 7.85. The standard InChI is InChI=1S/C17H30N2/c1-4-7-14-19(17-11-9-8-10-12-17)15-13-18-16(5-2)6-3/h8-12,16,18H,4-7,13-15H2,1-3H3. The van der Waals surface area contributed by atoms with E-state index in [1.165, 1.54) is 31.4 Å². The summed E-state index contributed by atoms with van der Waals surface area (Å²) < 4.78 is 0. The second kappa shape index (κ2) is 9.85. The number of hydrogen-bond donors (Lipinski definition) is 1. The third-order valence-electron chi connectivity index (χ3n) is 3.70. The molecule has 0 heterocycles. The van der Waals surface area contributed by atoms with Crippen LogP contribution in [0, 0.1) is 0 Å². The van der Waals surface area contributed by atoms with Gasteiger partial charge in [0.25, 0.3) is 0 Å². The second-order valence-corrected chi connectivity index (χ2v) is 5.14. The monoisotopic (exact) mass is 262 g/mol. The summed E-state index contributed by atoms with van der Waals surface area (Å²) in [7, 11) is 0. The van der Waals surface area contributed by atoms with E-state index in [4.69, 9.17) is 0 Å². The van der Waals surface area contributed by atoms with E-state index in [-0.39, 0.29) is 0 Å². The van der Waals surface area contributed by atoms with E-state index in [9.17, 15) is 0 Å². The van der Waals surface area contributed by atoms with Gasteiger partial charge in [-0.25, -0.2) is 0 Å². The van der Waals surface area contributed by atoms with Crippen LogP contribution in [0.15, 0.2) is 30.3 Å². The molecule has 1 aromatic rings. The minimum atomic E-state index is 0.670. The van der Waals surface area contributed by atoms with Crippen molar-refractivity contribution in [3.05, 3.63) is 30.3 Å². The van der Waals surface area contributed by atoms with Crippen LogP contribution in [0.3, 0.4) is 0 Å². The van der Waals surface area contributed by atoms with Crippen LogP contribution in [0.2, 0.25) is 0 Å². The molecule has 108 valence electrons. The van der Waals surface area contributed by atoms with Crippen molar-refractivity contribution < 1.29 is 0 Å². The number of unbranched alkanes of at least 4 members (excludes halogenated alkanes) is 1. The third-order valence-corrected chi connectivity index (χ3v) is 3.70. The molecule has 1 rings (SSSR count). The summed E-state index contributed by atoms with van der Waals surface area (Å²) >= 11 is 0. The molecule has 19 heavy (non-hydrogen) atoms. The van der Waals surface area contributed by atoms with Crippen molar-refractivity contribution >= 4 is 5.69 Å². The molecule has 1 N–H and O–H groups in total. The molecule has 2 nitrogen and oxygen atoms in total. The molecule has 0 saturated carbocycles. The second-order valence-electron chi connectivity index (χ2n) is 5.14. The van der Waals surface area contributed by atoms with Gasteiger partial charge in [-0.1, -0.05) is 45.4 Å². The fourth-order valence-corrected chi connectivity index (χ4v) is 2.34. The number of benzene rings is 1. The van der Waals surface area contributed by atoms with E-state index in [1.807, 2.05) is 0 Å². The highest BCUT2D eigenvalue weighted by Gasteiger charge is 2.07. The molecule has 0 radical (unpaired) electrons. The van der Waals surface area contributed by atoms with Crippen LogP contribution in [0.4, 0.5) is 5.69 Å². The molecule has 0 aromatic heterocycles. The van der Waals surface area contributed by atoms with E-state index >= 15 is 0 Å². The Hall–Kier alpha value is -1.02. The minimum Gasteiger partial charge on any atom is -0.370 e. The highest BCUT2D eigenvalue weighted by molar-refractivity contribution is 5.45. The smallest absolute Gasteiger partial charge is 0.0366 e. The molecular formula is C17H30N2. The number of anilines is 1. The van der Waals surface area contributed by atoms with Crippen molar-refractivity contribution in [1.29, 1.82) is 0 Å². The van der Waals surface area contributed by atoms with Crippen LogP contribution in [0.5, 0.6) is 0 Å². The van der Waals surface area contributed by atoms with E-state index in [0.29, 0.717) is 6.04 Å². The maximum absolute atomic E-state index is 3.65. The molecule has 0 atom stereocenters. The van der Waals surface area contributed by atoms with Gasteiger partial charge in [0.05, 0.1) is 0 Å². The molecule has 0 spiro atoms. The molecule has 0 saturated heterocycles. The van der Waals surface area contributed by atoms with E-state index < -0.39 is 0 Å². The summed E-state index contributed by atoms with van der Waals surface area (Å²) in [5, 5.41) is 3.65. The van der Waals surface area contributed by atoms with Crippen molar-refractivity contribution in [2.75, 3.05) is 24.5 Å². The lowest BCUT2D eigenvalue weighted by molar-refractivity contribution is 0.485. The molecule has 0 aliphatic heterocycles. The topological polar surface area (TPSA) is 15.3 Å². The predicted molar refractivity (Wildman–Crippen MR) is 85.9 cm³/mol. The number of rotatable bonds is 10. The van der Waals surface area contributed by atoms with Gasteiger partial charge in [-0.3, -0.25) is 0 Å². The lowest BCUT2D eigenvalue weighted by Gasteiger charge is -2.26. The summed E-state index contributed by atoms with van der Waals surface area (Å²) in [5.41, 5.74) is 1.35. The van der Waals surface area contributed by atoms with Gasteiger partial charge in [0.15, 0.2) is 0 Å². The van der Waals surface area contributed by atoms with Crippen LogP contribution in [0.25, 0.3) is 0 Å². The maximum atomic E-state index is 3.65. The molecule has 1 aromatic carbocycles. The van der Waals surface area contributed by atoms with Crippen LogP contribution < -0.4 is 10.2 Å². The van der Waals surface area contributed by atoms with Crippen molar-refractivity contribution in [3.8, 4) is 0 Å². The summed E-state index contributed by atoms with van der Waals surface area (Å²) in [4.78, 5) is 2.50. The summed E-state index contributed by atoms with van der Waals surface area (Å²) in [6.07, 6.45) is 4.96. The van der Waals surface area contributed by atoms with E-state index in [1.54, 1.807) is 0 Å². The zero-order chi connectivity index (χ0) is 13.9. The van der Waals surface area contributed by atoms with Gasteiger partial charge in [0.1, 0.15) is 0 Å². The molecular weight excluding hydrogens is 232 g/mol. The van der Waals surface area contributed by atoms with E-state index in [2.05, 4.69) is 61.3 Å². The zero-order valence-corrected chi connectivity index (χ0v) is 12.9. The minimum absolute atomic E-state index is 0.670. The average molecular weight is 262 g/mol. The van der Waals surface area contributed by atoms with Crippen LogP contribution >= 0.6 is 0 Å². The Kier molecular flexibility index (Phi) is 8.31. The van der Waals surface area contributed by atoms with Crippen LogP contribution in [-0.2, 0) is 0 Å². The zero-order valence-electron chi connectivity index (χ0n) is 12.9. The highest BCUT2D eigenvalue weighted by atomic mass is 15.1. The van der Waals surface area contributed by atoms with Gasteiger partial charge in [-0.2, -0.15) is 0 Å². The van der Waals surface area contributed by atoms with Crippen LogP contribution in [-0.4, -0.2) is 25.7 Å². The van der Waals surface area contributed by atoms with Gasteiger partial charge in [0, 0.05) is 31.4 Å². The molecule has 0 amide bonds. The average Bonchev–Trinajstić information content (AvgIpc) is 2.47. The van der Waals surface area contributed by atoms with Crippen molar-refractivity contribution in [2.45, 2.75) is 52.5 Å². The summed E-state index contributed by atoms with van der Waals surface area (Å²) in [6, 6.07) is 11.4. The van der Waals surface area contributed by atoms with Gasteiger partial charge < -0.3 is 10.2 Å². The highest BCUT2D eigenvalue weighted by Crippen LogP contribution is 2.13. The van der Waals surface area contributed by atoms with Crippen molar-refractivity contribution in [3.63, 3.8) is 0 Å². The van der Waals surface area contributed by atoms with Gasteiger partial charge in [-0.05, 0) is 31.4 Å². The molecule has 0 bridgehead atoms. The molecule has 2 heteroatoms. The van der Waals surface area contributed by atoms with E-state index in [0.717, 1.165) is 19.6 Å². The first-order chi connectivity index (χ1) is 9.31. The number of para-hydroxylation sites is 1. The third kappa shape index (κ3) is 6.11. The Morgan fingerprint density at radius 1 is 1.00 bits per heavy atom. The first-order valence-electron chi connectivity index (χ1n) is 7.85. The predicted octanol–water partition coefficient (Wildman–Crippen LogP) is 4.07. The Morgan fingerprint density at radius 3 is 2.26 bits per heavy atom. The fraction of sp³-hybridized carbons (Fsp3) is 0.647. The summed E-state index contributed by atoms with van der Waals surface area (Å²) in [5.74, 6) is 0. The number of nitrogens with one attached hydrogen (secondary N) is 1. The Labute approximate surface area is 119 Å². The fourth-order valence-electron chi connectivity index (χ4n) is 2.34. The Bertz CT molecular complexity index is 306. The lowest BCUT2D eigenvalue weighted by Crippen LogP contribution is -2.37. The maximum Gasteiger partial charge on any atom is 0.0366 e. The molecule has 0 aliphatic carbocycles.